The van der Waals surface area contributed by atoms with Gasteiger partial charge >= 0.3 is 0 Å². The zero-order valence-electron chi connectivity index (χ0n) is 13.6. The molecule has 0 saturated heterocycles. The zero-order valence-corrected chi connectivity index (χ0v) is 17.6. The van der Waals surface area contributed by atoms with Crippen molar-refractivity contribution in [3.05, 3.63) is 49.0 Å². The number of nitrogens with zero attached hydrogens (tertiary/aromatic N) is 1. The maximum absolute atomic E-state index is 12.0. The van der Waals surface area contributed by atoms with Crippen molar-refractivity contribution in [1.29, 1.82) is 0 Å². The molecule has 0 fully saturated rings. The fraction of sp³-hybridized carbons (Fsp3) is 0.353. The van der Waals surface area contributed by atoms with Gasteiger partial charge in [-0.3, -0.25) is 4.79 Å². The molecule has 1 heterocycles. The third-order valence-electron chi connectivity index (χ3n) is 3.28. The molecule has 2 aromatic rings. The molecule has 7 heteroatoms. The standard InChI is InChI=1S/C17H20Br2N2O2S/c1-21(2)7-8-23-15-4-3-12(9-14(15)19)5-6-20-17(22)16-10-13(18)11-24-16/h3-4,9-11H,5-8H2,1-2H3,(H,20,22). The molecule has 1 N–H and O–H groups in total. The molecule has 2 rings (SSSR count). The molecule has 0 aliphatic heterocycles. The van der Waals surface area contributed by atoms with Crippen LogP contribution in [0.1, 0.15) is 15.2 Å². The van der Waals surface area contributed by atoms with Crippen molar-refractivity contribution in [3.8, 4) is 5.75 Å². The Morgan fingerprint density at radius 1 is 1.29 bits per heavy atom. The fourth-order valence-electron chi connectivity index (χ4n) is 1.99. The molecule has 0 unspecified atom stereocenters. The van der Waals surface area contributed by atoms with Crippen molar-refractivity contribution < 1.29 is 9.53 Å². The van der Waals surface area contributed by atoms with E-state index in [1.165, 1.54) is 11.3 Å². The van der Waals surface area contributed by atoms with Crippen molar-refractivity contribution in [2.24, 2.45) is 0 Å². The van der Waals surface area contributed by atoms with Gasteiger partial charge in [-0.1, -0.05) is 6.07 Å². The Labute approximate surface area is 163 Å². The zero-order chi connectivity index (χ0) is 17.5. The van der Waals surface area contributed by atoms with Crippen molar-refractivity contribution in [1.82, 2.24) is 10.2 Å². The smallest absolute Gasteiger partial charge is 0.261 e. The molecule has 0 spiro atoms. The first kappa shape index (κ1) is 19.4. The maximum atomic E-state index is 12.0. The number of benzene rings is 1. The van der Waals surface area contributed by atoms with E-state index in [1.807, 2.05) is 43.7 Å². The predicted octanol–water partition coefficient (Wildman–Crippen LogP) is 4.19. The van der Waals surface area contributed by atoms with E-state index in [2.05, 4.69) is 42.1 Å². The number of hydrogen-bond acceptors (Lipinski definition) is 4. The summed E-state index contributed by atoms with van der Waals surface area (Å²) in [5, 5.41) is 4.84. The van der Waals surface area contributed by atoms with Crippen molar-refractivity contribution in [3.63, 3.8) is 0 Å². The normalized spacial score (nSPS) is 10.9. The van der Waals surface area contributed by atoms with E-state index in [0.717, 1.165) is 33.2 Å². The molecule has 1 amide bonds. The summed E-state index contributed by atoms with van der Waals surface area (Å²) in [6.07, 6.45) is 0.773. The number of ether oxygens (including phenoxy) is 1. The Bertz CT molecular complexity index is 689. The topological polar surface area (TPSA) is 41.6 Å². The molecule has 4 nitrogen and oxygen atoms in total. The van der Waals surface area contributed by atoms with Gasteiger partial charge in [0.05, 0.1) is 9.35 Å². The average molecular weight is 476 g/mol. The Balaban J connectivity index is 1.80. The van der Waals surface area contributed by atoms with Crippen LogP contribution >= 0.6 is 43.2 Å². The number of carbonyl (C=O) groups is 1. The summed E-state index contributed by atoms with van der Waals surface area (Å²) < 4.78 is 7.62. The van der Waals surface area contributed by atoms with Crippen LogP contribution in [0.3, 0.4) is 0 Å². The summed E-state index contributed by atoms with van der Waals surface area (Å²) in [5.74, 6) is 0.807. The van der Waals surface area contributed by atoms with Gasteiger partial charge in [0.15, 0.2) is 0 Å². The van der Waals surface area contributed by atoms with Crippen molar-refractivity contribution in [2.75, 3.05) is 33.8 Å². The first-order valence-electron chi connectivity index (χ1n) is 7.54. The lowest BCUT2D eigenvalue weighted by Crippen LogP contribution is -2.24. The van der Waals surface area contributed by atoms with Crippen LogP contribution < -0.4 is 10.1 Å². The van der Waals surface area contributed by atoms with Gasteiger partial charge in [0, 0.05) is 22.9 Å². The van der Waals surface area contributed by atoms with E-state index >= 15 is 0 Å². The van der Waals surface area contributed by atoms with E-state index in [-0.39, 0.29) is 5.91 Å². The summed E-state index contributed by atoms with van der Waals surface area (Å²) in [7, 11) is 4.04. The minimum Gasteiger partial charge on any atom is -0.491 e. The molecule has 1 aromatic carbocycles. The van der Waals surface area contributed by atoms with Crippen LogP contribution in [0.4, 0.5) is 0 Å². The average Bonchev–Trinajstić information content (AvgIpc) is 2.95. The van der Waals surface area contributed by atoms with Gasteiger partial charge in [0.1, 0.15) is 12.4 Å². The van der Waals surface area contributed by atoms with Crippen LogP contribution in [0.25, 0.3) is 0 Å². The fourth-order valence-corrected chi connectivity index (χ4v) is 3.88. The SMILES string of the molecule is CN(C)CCOc1ccc(CCNC(=O)c2cc(Br)cs2)cc1Br. The molecule has 1 aromatic heterocycles. The monoisotopic (exact) mass is 474 g/mol. The molecule has 0 aliphatic carbocycles. The van der Waals surface area contributed by atoms with Crippen LogP contribution in [-0.4, -0.2) is 44.6 Å². The van der Waals surface area contributed by atoms with E-state index in [0.29, 0.717) is 18.0 Å². The van der Waals surface area contributed by atoms with Gasteiger partial charge in [-0.2, -0.15) is 0 Å². The maximum Gasteiger partial charge on any atom is 0.261 e. The second kappa shape index (κ2) is 9.56. The third-order valence-corrected chi connectivity index (χ3v) is 5.59. The number of halogens is 2. The summed E-state index contributed by atoms with van der Waals surface area (Å²) >= 11 is 8.33. The first-order chi connectivity index (χ1) is 11.5. The van der Waals surface area contributed by atoms with E-state index in [1.54, 1.807) is 0 Å². The van der Waals surface area contributed by atoms with Gasteiger partial charge in [0.2, 0.25) is 0 Å². The molecular weight excluding hydrogens is 456 g/mol. The minimum absolute atomic E-state index is 0.0339. The third kappa shape index (κ3) is 6.20. The largest absolute Gasteiger partial charge is 0.491 e. The second-order valence-electron chi connectivity index (χ2n) is 5.55. The predicted molar refractivity (Wildman–Crippen MR) is 106 cm³/mol. The highest BCUT2D eigenvalue weighted by Crippen LogP contribution is 2.26. The number of hydrogen-bond donors (Lipinski definition) is 1. The summed E-state index contributed by atoms with van der Waals surface area (Å²) in [6.45, 7) is 2.12. The molecule has 0 saturated carbocycles. The van der Waals surface area contributed by atoms with Crippen LogP contribution in [0.15, 0.2) is 38.6 Å². The molecule has 130 valence electrons. The van der Waals surface area contributed by atoms with Gasteiger partial charge in [-0.25, -0.2) is 0 Å². The Hall–Kier alpha value is -0.890. The molecule has 0 aliphatic rings. The Kier molecular flexibility index (Phi) is 7.74. The summed E-state index contributed by atoms with van der Waals surface area (Å²) in [6, 6.07) is 7.87. The molecule has 0 radical (unpaired) electrons. The number of likely N-dealkylation sites (N-methyl/N-ethyl adjacent to an activating group) is 1. The van der Waals surface area contributed by atoms with Crippen LogP contribution in [-0.2, 0) is 6.42 Å². The number of carbonyl (C=O) groups excluding carboxylic acids is 1. The van der Waals surface area contributed by atoms with Crippen LogP contribution in [0.5, 0.6) is 5.75 Å². The highest BCUT2D eigenvalue weighted by Gasteiger charge is 2.08. The summed E-state index contributed by atoms with van der Waals surface area (Å²) in [5.41, 5.74) is 1.15. The molecular formula is C17H20Br2N2O2S. The summed E-state index contributed by atoms with van der Waals surface area (Å²) in [4.78, 5) is 14.8. The highest BCUT2D eigenvalue weighted by atomic mass is 79.9. The lowest BCUT2D eigenvalue weighted by atomic mass is 10.1. The van der Waals surface area contributed by atoms with Crippen LogP contribution in [0.2, 0.25) is 0 Å². The first-order valence-corrected chi connectivity index (χ1v) is 10.0. The van der Waals surface area contributed by atoms with Crippen molar-refractivity contribution in [2.45, 2.75) is 6.42 Å². The number of thiophene rings is 1. The molecule has 24 heavy (non-hydrogen) atoms. The van der Waals surface area contributed by atoms with Gasteiger partial charge in [0.25, 0.3) is 5.91 Å². The quantitative estimate of drug-likeness (QED) is 0.622. The van der Waals surface area contributed by atoms with Crippen molar-refractivity contribution >= 4 is 49.1 Å². The number of rotatable bonds is 8. The lowest BCUT2D eigenvalue weighted by Gasteiger charge is -2.13. The number of amides is 1. The van der Waals surface area contributed by atoms with Gasteiger partial charge in [-0.05, 0) is 76.1 Å². The Morgan fingerprint density at radius 3 is 2.71 bits per heavy atom. The minimum atomic E-state index is -0.0339. The molecule has 0 bridgehead atoms. The van der Waals surface area contributed by atoms with E-state index in [4.69, 9.17) is 4.74 Å². The highest BCUT2D eigenvalue weighted by molar-refractivity contribution is 9.10. The Morgan fingerprint density at radius 2 is 2.08 bits per heavy atom. The second-order valence-corrected chi connectivity index (χ2v) is 8.23. The number of nitrogens with one attached hydrogen (secondary N) is 1. The van der Waals surface area contributed by atoms with E-state index in [9.17, 15) is 4.79 Å². The van der Waals surface area contributed by atoms with Gasteiger partial charge < -0.3 is 15.0 Å². The van der Waals surface area contributed by atoms with E-state index < -0.39 is 0 Å². The molecule has 0 atom stereocenters. The van der Waals surface area contributed by atoms with Crippen LogP contribution in [0, 0.1) is 0 Å². The lowest BCUT2D eigenvalue weighted by molar-refractivity contribution is 0.0958. The van der Waals surface area contributed by atoms with Gasteiger partial charge in [-0.15, -0.1) is 11.3 Å².